The lowest BCUT2D eigenvalue weighted by atomic mass is 10.1. The van der Waals surface area contributed by atoms with Crippen LogP contribution in [0.15, 0.2) is 77.7 Å². The van der Waals surface area contributed by atoms with Crippen LogP contribution in [0.25, 0.3) is 0 Å². The SMILES string of the molecule is CCOc1ccc(S(=O)(=O)N(CC(=O)N(Cc2ccccc2C)[C@@H](C)C(=O)NC2CCCC2)c2ccc(C)cc2)cc1. The van der Waals surface area contributed by atoms with Crippen molar-refractivity contribution in [3.63, 3.8) is 0 Å². The smallest absolute Gasteiger partial charge is 0.264 e. The van der Waals surface area contributed by atoms with Gasteiger partial charge in [0, 0.05) is 12.6 Å². The van der Waals surface area contributed by atoms with Crippen LogP contribution < -0.4 is 14.4 Å². The molecule has 0 aromatic heterocycles. The average molecular weight is 592 g/mol. The van der Waals surface area contributed by atoms with Crippen LogP contribution in [0.5, 0.6) is 5.75 Å². The molecule has 0 bridgehead atoms. The molecule has 1 atom stereocenters. The second-order valence-electron chi connectivity index (χ2n) is 10.9. The van der Waals surface area contributed by atoms with Crippen molar-refractivity contribution in [2.24, 2.45) is 0 Å². The summed E-state index contributed by atoms with van der Waals surface area (Å²) >= 11 is 0. The van der Waals surface area contributed by atoms with Crippen LogP contribution in [0.3, 0.4) is 0 Å². The highest BCUT2D eigenvalue weighted by Crippen LogP contribution is 2.27. The Balaban J connectivity index is 1.68. The molecule has 224 valence electrons. The Labute approximate surface area is 249 Å². The molecule has 0 unspecified atom stereocenters. The molecule has 0 radical (unpaired) electrons. The summed E-state index contributed by atoms with van der Waals surface area (Å²) in [6, 6.07) is 20.2. The number of carbonyl (C=O) groups is 2. The first-order valence-electron chi connectivity index (χ1n) is 14.6. The van der Waals surface area contributed by atoms with Crippen LogP contribution >= 0.6 is 0 Å². The van der Waals surface area contributed by atoms with E-state index in [-0.39, 0.29) is 23.4 Å². The number of amides is 2. The highest BCUT2D eigenvalue weighted by atomic mass is 32.2. The molecule has 8 nitrogen and oxygen atoms in total. The summed E-state index contributed by atoms with van der Waals surface area (Å²) < 4.78 is 34.7. The summed E-state index contributed by atoms with van der Waals surface area (Å²) in [6.07, 6.45) is 3.98. The van der Waals surface area contributed by atoms with Gasteiger partial charge in [0.1, 0.15) is 18.3 Å². The normalized spacial score (nSPS) is 14.3. The Morgan fingerprint density at radius 2 is 1.60 bits per heavy atom. The van der Waals surface area contributed by atoms with Gasteiger partial charge in [0.25, 0.3) is 10.0 Å². The monoisotopic (exact) mass is 591 g/mol. The van der Waals surface area contributed by atoms with Gasteiger partial charge in [0.2, 0.25) is 11.8 Å². The number of anilines is 1. The molecule has 42 heavy (non-hydrogen) atoms. The Morgan fingerprint density at radius 3 is 2.21 bits per heavy atom. The molecule has 4 rings (SSSR count). The minimum atomic E-state index is -4.14. The number of nitrogens with zero attached hydrogens (tertiary/aromatic N) is 2. The molecule has 2 amide bonds. The lowest BCUT2D eigenvalue weighted by Gasteiger charge is -2.33. The lowest BCUT2D eigenvalue weighted by Crippen LogP contribution is -2.52. The molecule has 1 aliphatic rings. The minimum absolute atomic E-state index is 0.0387. The molecule has 1 N–H and O–H groups in total. The number of aryl methyl sites for hydroxylation is 2. The Kier molecular flexibility index (Phi) is 10.3. The lowest BCUT2D eigenvalue weighted by molar-refractivity contribution is -0.139. The van der Waals surface area contributed by atoms with Gasteiger partial charge < -0.3 is 15.0 Å². The minimum Gasteiger partial charge on any atom is -0.494 e. The van der Waals surface area contributed by atoms with Crippen LogP contribution in [-0.2, 0) is 26.2 Å². The highest BCUT2D eigenvalue weighted by molar-refractivity contribution is 7.92. The molecule has 3 aromatic rings. The first-order chi connectivity index (χ1) is 20.1. The van der Waals surface area contributed by atoms with E-state index in [1.807, 2.05) is 57.2 Å². The summed E-state index contributed by atoms with van der Waals surface area (Å²) in [5.41, 5.74) is 3.20. The predicted molar refractivity (Wildman–Crippen MR) is 165 cm³/mol. The van der Waals surface area contributed by atoms with Crippen molar-refractivity contribution in [2.75, 3.05) is 17.5 Å². The first kappa shape index (κ1) is 31.1. The summed E-state index contributed by atoms with van der Waals surface area (Å²) in [5, 5.41) is 3.10. The van der Waals surface area contributed by atoms with Gasteiger partial charge in [0.15, 0.2) is 0 Å². The number of sulfonamides is 1. The number of nitrogens with one attached hydrogen (secondary N) is 1. The summed E-state index contributed by atoms with van der Waals surface area (Å²) in [6.45, 7) is 7.59. The zero-order valence-electron chi connectivity index (χ0n) is 24.9. The molecule has 0 spiro atoms. The number of hydrogen-bond acceptors (Lipinski definition) is 5. The van der Waals surface area contributed by atoms with E-state index in [1.54, 1.807) is 31.2 Å². The molecule has 1 fully saturated rings. The van der Waals surface area contributed by atoms with Gasteiger partial charge in [-0.25, -0.2) is 8.42 Å². The van der Waals surface area contributed by atoms with Crippen molar-refractivity contribution >= 4 is 27.5 Å². The third kappa shape index (κ3) is 7.50. The number of benzene rings is 3. The molecule has 9 heteroatoms. The Bertz CT molecular complexity index is 1470. The number of ether oxygens (including phenoxy) is 1. The zero-order valence-corrected chi connectivity index (χ0v) is 25.7. The predicted octanol–water partition coefficient (Wildman–Crippen LogP) is 5.37. The van der Waals surface area contributed by atoms with E-state index in [1.165, 1.54) is 17.0 Å². The molecule has 0 aliphatic heterocycles. The molecule has 1 saturated carbocycles. The molecular formula is C33H41N3O5S. The third-order valence-corrected chi connectivity index (χ3v) is 9.58. The molecule has 3 aromatic carbocycles. The van der Waals surface area contributed by atoms with Crippen LogP contribution in [0, 0.1) is 13.8 Å². The maximum atomic E-state index is 14.1. The Morgan fingerprint density at radius 1 is 0.952 bits per heavy atom. The zero-order chi connectivity index (χ0) is 30.3. The van der Waals surface area contributed by atoms with Crippen molar-refractivity contribution in [1.29, 1.82) is 0 Å². The van der Waals surface area contributed by atoms with Gasteiger partial charge in [-0.3, -0.25) is 13.9 Å². The van der Waals surface area contributed by atoms with Gasteiger partial charge in [-0.1, -0.05) is 54.8 Å². The van der Waals surface area contributed by atoms with E-state index >= 15 is 0 Å². The van der Waals surface area contributed by atoms with Crippen molar-refractivity contribution in [2.45, 2.75) is 76.9 Å². The van der Waals surface area contributed by atoms with E-state index in [9.17, 15) is 18.0 Å². The van der Waals surface area contributed by atoms with Gasteiger partial charge in [-0.15, -0.1) is 0 Å². The van der Waals surface area contributed by atoms with E-state index in [0.717, 1.165) is 46.7 Å². The molecule has 0 saturated heterocycles. The number of hydrogen-bond donors (Lipinski definition) is 1. The second-order valence-corrected chi connectivity index (χ2v) is 12.7. The van der Waals surface area contributed by atoms with E-state index < -0.39 is 28.5 Å². The second kappa shape index (κ2) is 13.9. The quantitative estimate of drug-likeness (QED) is 0.305. The van der Waals surface area contributed by atoms with Crippen molar-refractivity contribution in [1.82, 2.24) is 10.2 Å². The highest BCUT2D eigenvalue weighted by Gasteiger charge is 2.33. The molecular weight excluding hydrogens is 550 g/mol. The average Bonchev–Trinajstić information content (AvgIpc) is 3.49. The number of carbonyl (C=O) groups excluding carboxylic acids is 2. The molecule has 0 heterocycles. The molecule has 1 aliphatic carbocycles. The number of rotatable bonds is 12. The van der Waals surface area contributed by atoms with Crippen LogP contribution in [0.2, 0.25) is 0 Å². The standard InChI is InChI=1S/C33H41N3O5S/c1-5-41-30-18-20-31(21-19-30)42(39,40)36(29-16-14-24(2)15-17-29)23-32(37)35(22-27-11-7-6-10-25(27)3)26(4)33(38)34-28-12-8-9-13-28/h6-7,10-11,14-21,26,28H,5,8-9,12-13,22-23H2,1-4H3,(H,34,38)/t26-/m0/s1. The van der Waals surface area contributed by atoms with Crippen LogP contribution in [0.1, 0.15) is 56.2 Å². The fraction of sp³-hybridized carbons (Fsp3) is 0.394. The largest absolute Gasteiger partial charge is 0.494 e. The third-order valence-electron chi connectivity index (χ3n) is 7.79. The first-order valence-corrected chi connectivity index (χ1v) is 16.0. The topological polar surface area (TPSA) is 96.0 Å². The maximum absolute atomic E-state index is 14.1. The van der Waals surface area contributed by atoms with Gasteiger partial charge in [0.05, 0.1) is 17.2 Å². The van der Waals surface area contributed by atoms with Crippen molar-refractivity contribution < 1.29 is 22.7 Å². The summed E-state index contributed by atoms with van der Waals surface area (Å²) in [7, 11) is -4.14. The van der Waals surface area contributed by atoms with Crippen LogP contribution in [-0.4, -0.2) is 50.4 Å². The van der Waals surface area contributed by atoms with E-state index in [4.69, 9.17) is 4.74 Å². The van der Waals surface area contributed by atoms with Gasteiger partial charge >= 0.3 is 0 Å². The van der Waals surface area contributed by atoms with Gasteiger partial charge in [-0.2, -0.15) is 0 Å². The van der Waals surface area contributed by atoms with Gasteiger partial charge in [-0.05, 0) is 88.1 Å². The van der Waals surface area contributed by atoms with Crippen molar-refractivity contribution in [3.05, 3.63) is 89.5 Å². The Hall–Kier alpha value is -3.85. The van der Waals surface area contributed by atoms with E-state index in [0.29, 0.717) is 18.0 Å². The summed E-state index contributed by atoms with van der Waals surface area (Å²) in [4.78, 5) is 29.0. The summed E-state index contributed by atoms with van der Waals surface area (Å²) in [5.74, 6) is -0.150. The van der Waals surface area contributed by atoms with Crippen molar-refractivity contribution in [3.8, 4) is 5.75 Å². The van der Waals surface area contributed by atoms with E-state index in [2.05, 4.69) is 5.32 Å². The van der Waals surface area contributed by atoms with Crippen LogP contribution in [0.4, 0.5) is 5.69 Å². The fourth-order valence-corrected chi connectivity index (χ4v) is 6.60. The fourth-order valence-electron chi connectivity index (χ4n) is 5.19. The maximum Gasteiger partial charge on any atom is 0.264 e.